The number of ketones is 1. The lowest BCUT2D eigenvalue weighted by molar-refractivity contribution is -0.118. The summed E-state index contributed by atoms with van der Waals surface area (Å²) < 4.78 is 5.17. The average Bonchev–Trinajstić information content (AvgIpc) is 2.72. The topological polar surface area (TPSA) is 138 Å². The second kappa shape index (κ2) is 12.4. The SMILES string of the molecule is CC1(C)CC(=O)C(C(Cc2ccccc2)=NCCN=C(N)NCCNC(=O)OC(C)(C)C)=C(O)C1. The molecule has 35 heavy (non-hydrogen) atoms. The number of nitrogens with two attached hydrogens (primary N) is 1. The van der Waals surface area contributed by atoms with E-state index in [-0.39, 0.29) is 22.9 Å². The van der Waals surface area contributed by atoms with Crippen LogP contribution in [0.1, 0.15) is 53.0 Å². The molecule has 1 aliphatic carbocycles. The fourth-order valence-corrected chi connectivity index (χ4v) is 3.71. The Morgan fingerprint density at radius 2 is 1.71 bits per heavy atom. The van der Waals surface area contributed by atoms with Crippen molar-refractivity contribution in [3.05, 3.63) is 47.2 Å². The Labute approximate surface area is 207 Å². The summed E-state index contributed by atoms with van der Waals surface area (Å²) in [6.07, 6.45) is 0.759. The van der Waals surface area contributed by atoms with Crippen LogP contribution < -0.4 is 16.4 Å². The molecule has 0 spiro atoms. The van der Waals surface area contributed by atoms with E-state index in [9.17, 15) is 14.7 Å². The van der Waals surface area contributed by atoms with Gasteiger partial charge < -0.3 is 26.2 Å². The highest BCUT2D eigenvalue weighted by Crippen LogP contribution is 2.36. The van der Waals surface area contributed by atoms with Crippen molar-refractivity contribution in [3.63, 3.8) is 0 Å². The van der Waals surface area contributed by atoms with E-state index in [1.54, 1.807) is 20.8 Å². The molecule has 0 saturated carbocycles. The third-order valence-electron chi connectivity index (χ3n) is 5.14. The number of amides is 1. The summed E-state index contributed by atoms with van der Waals surface area (Å²) in [5.41, 5.74) is 6.97. The Hall–Kier alpha value is -3.36. The predicted octanol–water partition coefficient (Wildman–Crippen LogP) is 3.30. The van der Waals surface area contributed by atoms with Crippen LogP contribution in [0.4, 0.5) is 4.79 Å². The van der Waals surface area contributed by atoms with E-state index >= 15 is 0 Å². The molecule has 9 nitrogen and oxygen atoms in total. The maximum absolute atomic E-state index is 12.9. The number of nitrogens with zero attached hydrogens (tertiary/aromatic N) is 2. The van der Waals surface area contributed by atoms with Crippen LogP contribution in [-0.4, -0.2) is 60.4 Å². The van der Waals surface area contributed by atoms with E-state index in [2.05, 4.69) is 20.6 Å². The standard InChI is InChI=1S/C26H39N5O4/c1-25(2,3)35-24(34)31-14-13-30-23(27)29-12-11-28-19(15-18-9-7-6-8-10-18)22-20(32)16-26(4,5)17-21(22)33/h6-10,32H,11-17H2,1-5H3,(H,31,34)(H3,27,29,30). The van der Waals surface area contributed by atoms with Crippen LogP contribution in [0.25, 0.3) is 0 Å². The summed E-state index contributed by atoms with van der Waals surface area (Å²) in [6.45, 7) is 10.7. The Bertz CT molecular complexity index is 975. The van der Waals surface area contributed by atoms with Gasteiger partial charge in [0.05, 0.1) is 24.4 Å². The fourth-order valence-electron chi connectivity index (χ4n) is 3.71. The van der Waals surface area contributed by atoms with Crippen molar-refractivity contribution in [2.45, 2.75) is 59.5 Å². The maximum atomic E-state index is 12.9. The van der Waals surface area contributed by atoms with Crippen molar-refractivity contribution < 1.29 is 19.4 Å². The molecule has 0 unspecified atom stereocenters. The maximum Gasteiger partial charge on any atom is 0.407 e. The van der Waals surface area contributed by atoms with Gasteiger partial charge in [0.2, 0.25) is 0 Å². The summed E-state index contributed by atoms with van der Waals surface area (Å²) in [6, 6.07) is 9.73. The van der Waals surface area contributed by atoms with E-state index in [1.165, 1.54) is 0 Å². The first kappa shape index (κ1) is 27.9. The number of hydrogen-bond acceptors (Lipinski definition) is 6. The Morgan fingerprint density at radius 1 is 1.09 bits per heavy atom. The number of guanidine groups is 1. The molecule has 0 bridgehead atoms. The first-order valence-corrected chi connectivity index (χ1v) is 11.9. The molecular weight excluding hydrogens is 446 g/mol. The van der Waals surface area contributed by atoms with Crippen LogP contribution in [-0.2, 0) is 16.0 Å². The van der Waals surface area contributed by atoms with Gasteiger partial charge in [-0.3, -0.25) is 14.8 Å². The number of aliphatic hydroxyl groups excluding tert-OH is 1. The lowest BCUT2D eigenvalue weighted by atomic mass is 9.75. The zero-order valence-corrected chi connectivity index (χ0v) is 21.5. The van der Waals surface area contributed by atoms with Gasteiger partial charge >= 0.3 is 6.09 Å². The number of nitrogens with one attached hydrogen (secondary N) is 2. The average molecular weight is 486 g/mol. The Morgan fingerprint density at radius 3 is 2.34 bits per heavy atom. The van der Waals surface area contributed by atoms with Gasteiger partial charge in [-0.1, -0.05) is 44.2 Å². The number of allylic oxidation sites excluding steroid dienone is 2. The molecule has 0 saturated heterocycles. The number of aliphatic imine (C=N–C) groups is 2. The summed E-state index contributed by atoms with van der Waals surface area (Å²) >= 11 is 0. The minimum atomic E-state index is -0.552. The number of aliphatic hydroxyl groups is 1. The number of Topliss-reactive ketones (excluding diaryl/α,β-unsaturated/α-hetero) is 1. The molecule has 0 heterocycles. The Kier molecular flexibility index (Phi) is 9.86. The largest absolute Gasteiger partial charge is 0.511 e. The van der Waals surface area contributed by atoms with Crippen molar-refractivity contribution in [1.29, 1.82) is 0 Å². The quantitative estimate of drug-likeness (QED) is 0.240. The normalized spacial score (nSPS) is 16.8. The monoisotopic (exact) mass is 485 g/mol. The highest BCUT2D eigenvalue weighted by molar-refractivity contribution is 6.23. The molecule has 0 aromatic heterocycles. The number of carbonyl (C=O) groups excluding carboxylic acids is 2. The highest BCUT2D eigenvalue weighted by Gasteiger charge is 2.35. The zero-order valence-electron chi connectivity index (χ0n) is 21.5. The van der Waals surface area contributed by atoms with Crippen LogP contribution in [0, 0.1) is 5.41 Å². The minimum Gasteiger partial charge on any atom is -0.511 e. The lowest BCUT2D eigenvalue weighted by Gasteiger charge is -2.30. The van der Waals surface area contributed by atoms with Gasteiger partial charge in [-0.05, 0) is 31.7 Å². The molecule has 1 aliphatic rings. The van der Waals surface area contributed by atoms with Gasteiger partial charge in [-0.15, -0.1) is 0 Å². The third kappa shape index (κ3) is 10.2. The van der Waals surface area contributed by atoms with Crippen molar-refractivity contribution in [1.82, 2.24) is 10.6 Å². The summed E-state index contributed by atoms with van der Waals surface area (Å²) in [5, 5.41) is 16.2. The van der Waals surface area contributed by atoms with Gasteiger partial charge in [0, 0.05) is 32.4 Å². The molecule has 1 aromatic carbocycles. The van der Waals surface area contributed by atoms with E-state index in [4.69, 9.17) is 10.5 Å². The molecule has 1 amide bonds. The molecule has 0 fully saturated rings. The van der Waals surface area contributed by atoms with Gasteiger partial charge in [0.25, 0.3) is 0 Å². The summed E-state index contributed by atoms with van der Waals surface area (Å²) in [7, 11) is 0. The third-order valence-corrected chi connectivity index (χ3v) is 5.14. The molecule has 192 valence electrons. The fraction of sp³-hybridized carbons (Fsp3) is 0.538. The van der Waals surface area contributed by atoms with Crippen molar-refractivity contribution >= 4 is 23.5 Å². The number of ether oxygens (including phenoxy) is 1. The highest BCUT2D eigenvalue weighted by atomic mass is 16.6. The van der Waals surface area contributed by atoms with Crippen LogP contribution in [0.2, 0.25) is 0 Å². The second-order valence-electron chi connectivity index (χ2n) is 10.4. The molecule has 0 radical (unpaired) electrons. The number of alkyl carbamates (subject to hydrolysis) is 1. The molecular formula is C26H39N5O4. The van der Waals surface area contributed by atoms with E-state index in [1.807, 2.05) is 44.2 Å². The Balaban J connectivity index is 1.97. The first-order valence-electron chi connectivity index (χ1n) is 11.9. The molecule has 9 heteroatoms. The van der Waals surface area contributed by atoms with Crippen molar-refractivity contribution in [2.75, 3.05) is 26.2 Å². The van der Waals surface area contributed by atoms with Gasteiger partial charge in [-0.2, -0.15) is 0 Å². The minimum absolute atomic E-state index is 0.0874. The molecule has 2 rings (SSSR count). The van der Waals surface area contributed by atoms with E-state index in [0.29, 0.717) is 56.7 Å². The van der Waals surface area contributed by atoms with Crippen LogP contribution in [0.5, 0.6) is 0 Å². The smallest absolute Gasteiger partial charge is 0.407 e. The van der Waals surface area contributed by atoms with Gasteiger partial charge in [-0.25, -0.2) is 4.79 Å². The number of rotatable bonds is 9. The zero-order chi connectivity index (χ0) is 26.1. The lowest BCUT2D eigenvalue weighted by Crippen LogP contribution is -2.40. The van der Waals surface area contributed by atoms with Crippen molar-refractivity contribution in [3.8, 4) is 0 Å². The van der Waals surface area contributed by atoms with Crippen LogP contribution >= 0.6 is 0 Å². The second-order valence-corrected chi connectivity index (χ2v) is 10.4. The first-order chi connectivity index (χ1) is 16.4. The van der Waals surface area contributed by atoms with Crippen LogP contribution in [0.3, 0.4) is 0 Å². The van der Waals surface area contributed by atoms with E-state index < -0.39 is 11.7 Å². The molecule has 5 N–H and O–H groups in total. The number of carbonyl (C=O) groups is 2. The molecule has 1 aromatic rings. The summed E-state index contributed by atoms with van der Waals surface area (Å²) in [5.74, 6) is 0.243. The van der Waals surface area contributed by atoms with Crippen molar-refractivity contribution in [2.24, 2.45) is 21.1 Å². The number of hydrogen-bond donors (Lipinski definition) is 4. The summed E-state index contributed by atoms with van der Waals surface area (Å²) in [4.78, 5) is 33.4. The van der Waals surface area contributed by atoms with E-state index in [0.717, 1.165) is 5.56 Å². The molecule has 0 aliphatic heterocycles. The van der Waals surface area contributed by atoms with Gasteiger partial charge in [0.15, 0.2) is 11.7 Å². The van der Waals surface area contributed by atoms with Gasteiger partial charge in [0.1, 0.15) is 11.4 Å². The van der Waals surface area contributed by atoms with Crippen LogP contribution in [0.15, 0.2) is 51.6 Å². The molecule has 0 atom stereocenters. The predicted molar refractivity (Wildman–Crippen MR) is 139 cm³/mol. The number of benzene rings is 1.